The molecule has 0 radical (unpaired) electrons. The molecule has 2 aromatic carbocycles. The summed E-state index contributed by atoms with van der Waals surface area (Å²) in [6.07, 6.45) is 0. The molecular formula is C22H26ClN5O4. The highest BCUT2D eigenvalue weighted by molar-refractivity contribution is 6.34. The quantitative estimate of drug-likeness (QED) is 0.542. The molecule has 0 aliphatic carbocycles. The highest BCUT2D eigenvalue weighted by Gasteiger charge is 2.25. The van der Waals surface area contributed by atoms with Crippen LogP contribution in [0.4, 0.5) is 22.7 Å². The van der Waals surface area contributed by atoms with Gasteiger partial charge in [0.15, 0.2) is 0 Å². The fraction of sp³-hybridized carbons (Fsp3) is 0.409. The summed E-state index contributed by atoms with van der Waals surface area (Å²) >= 11 is 6.49. The van der Waals surface area contributed by atoms with Gasteiger partial charge in [0.05, 0.1) is 34.5 Å². The molecule has 0 aromatic heterocycles. The van der Waals surface area contributed by atoms with Gasteiger partial charge >= 0.3 is 0 Å². The zero-order chi connectivity index (χ0) is 22.7. The predicted molar refractivity (Wildman–Crippen MR) is 125 cm³/mol. The van der Waals surface area contributed by atoms with E-state index in [9.17, 15) is 14.9 Å². The number of carbonyl (C=O) groups is 1. The minimum atomic E-state index is -0.448. The Bertz CT molecular complexity index is 1000. The van der Waals surface area contributed by atoms with E-state index in [-0.39, 0.29) is 11.3 Å². The molecule has 1 N–H and O–H groups in total. The number of para-hydroxylation sites is 1. The molecule has 2 aromatic rings. The second-order valence-corrected chi connectivity index (χ2v) is 8.35. The minimum absolute atomic E-state index is 0.0927. The first-order valence-electron chi connectivity index (χ1n) is 10.6. The smallest absolute Gasteiger partial charge is 0.293 e. The maximum absolute atomic E-state index is 13.0. The molecule has 32 heavy (non-hydrogen) atoms. The van der Waals surface area contributed by atoms with E-state index >= 15 is 0 Å². The first kappa shape index (κ1) is 22.3. The van der Waals surface area contributed by atoms with E-state index < -0.39 is 10.8 Å². The zero-order valence-electron chi connectivity index (χ0n) is 17.9. The molecule has 0 bridgehead atoms. The normalized spacial score (nSPS) is 17.3. The van der Waals surface area contributed by atoms with Crippen LogP contribution >= 0.6 is 11.6 Å². The number of hydrogen-bond acceptors (Lipinski definition) is 7. The van der Waals surface area contributed by atoms with Crippen molar-refractivity contribution in [2.75, 3.05) is 74.6 Å². The van der Waals surface area contributed by atoms with Crippen LogP contribution in [0.5, 0.6) is 0 Å². The number of nitro groups is 1. The van der Waals surface area contributed by atoms with Gasteiger partial charge in [-0.25, -0.2) is 0 Å². The first-order chi connectivity index (χ1) is 15.4. The lowest BCUT2D eigenvalue weighted by atomic mass is 10.1. The molecular weight excluding hydrogens is 434 g/mol. The van der Waals surface area contributed by atoms with Gasteiger partial charge in [-0.05, 0) is 31.3 Å². The monoisotopic (exact) mass is 459 g/mol. The summed E-state index contributed by atoms with van der Waals surface area (Å²) in [5.74, 6) is -0.417. The molecule has 4 rings (SSSR count). The lowest BCUT2D eigenvalue weighted by Crippen LogP contribution is -2.44. The Balaban J connectivity index is 1.59. The van der Waals surface area contributed by atoms with E-state index in [1.807, 2.05) is 4.90 Å². The molecule has 2 fully saturated rings. The van der Waals surface area contributed by atoms with Gasteiger partial charge in [0.1, 0.15) is 5.69 Å². The number of likely N-dealkylation sites (N-methyl/N-ethyl adjacent to an activating group) is 1. The van der Waals surface area contributed by atoms with E-state index in [1.54, 1.807) is 30.3 Å². The number of benzene rings is 2. The van der Waals surface area contributed by atoms with E-state index in [1.165, 1.54) is 6.07 Å². The van der Waals surface area contributed by atoms with Crippen LogP contribution in [-0.2, 0) is 4.74 Å². The minimum Gasteiger partial charge on any atom is -0.378 e. The standard InChI is InChI=1S/C22H26ClN5O4/c1-25-7-9-27(10-8-25)21-17(23)3-2-4-18(21)24-22(29)16-5-6-19(20(15-16)28(30)31)26-11-13-32-14-12-26/h2-6,15H,7-14H2,1H3,(H,24,29). The fourth-order valence-electron chi connectivity index (χ4n) is 4.04. The van der Waals surface area contributed by atoms with Crippen molar-refractivity contribution in [3.8, 4) is 0 Å². The van der Waals surface area contributed by atoms with Crippen LogP contribution in [0, 0.1) is 10.1 Å². The third-order valence-electron chi connectivity index (χ3n) is 5.84. The Morgan fingerprint density at radius 3 is 2.47 bits per heavy atom. The highest BCUT2D eigenvalue weighted by atomic mass is 35.5. The summed E-state index contributed by atoms with van der Waals surface area (Å²) in [6, 6.07) is 9.97. The topological polar surface area (TPSA) is 91.2 Å². The van der Waals surface area contributed by atoms with Gasteiger partial charge in [-0.1, -0.05) is 17.7 Å². The number of nitro benzene ring substituents is 1. The molecule has 0 saturated carbocycles. The summed E-state index contributed by atoms with van der Waals surface area (Å²) in [5, 5.41) is 15.2. The summed E-state index contributed by atoms with van der Waals surface area (Å²) in [6.45, 7) is 5.56. The van der Waals surface area contributed by atoms with E-state index in [0.29, 0.717) is 42.7 Å². The average Bonchev–Trinajstić information content (AvgIpc) is 2.80. The molecule has 0 atom stereocenters. The molecule has 2 aliphatic rings. The van der Waals surface area contributed by atoms with Gasteiger partial charge < -0.3 is 24.8 Å². The lowest BCUT2D eigenvalue weighted by molar-refractivity contribution is -0.384. The number of halogens is 1. The molecule has 0 unspecified atom stereocenters. The number of carbonyl (C=O) groups excluding carboxylic acids is 1. The maximum Gasteiger partial charge on any atom is 0.293 e. The molecule has 2 aliphatic heterocycles. The number of nitrogens with zero attached hydrogens (tertiary/aromatic N) is 4. The van der Waals surface area contributed by atoms with E-state index in [2.05, 4.69) is 22.2 Å². The van der Waals surface area contributed by atoms with Crippen molar-refractivity contribution in [3.63, 3.8) is 0 Å². The number of ether oxygens (including phenoxy) is 1. The Labute approximate surface area is 191 Å². The highest BCUT2D eigenvalue weighted by Crippen LogP contribution is 2.35. The summed E-state index contributed by atoms with van der Waals surface area (Å²) in [5.41, 5.74) is 1.99. The predicted octanol–water partition coefficient (Wildman–Crippen LogP) is 3.09. The third kappa shape index (κ3) is 4.79. The number of rotatable bonds is 5. The number of amides is 1. The third-order valence-corrected chi connectivity index (χ3v) is 6.15. The van der Waals surface area contributed by atoms with E-state index in [4.69, 9.17) is 16.3 Å². The number of nitrogens with one attached hydrogen (secondary N) is 1. The number of morpholine rings is 1. The van der Waals surface area contributed by atoms with Gasteiger partial charge in [-0.15, -0.1) is 0 Å². The summed E-state index contributed by atoms with van der Waals surface area (Å²) < 4.78 is 5.33. The Morgan fingerprint density at radius 2 is 1.78 bits per heavy atom. The van der Waals surface area contributed by atoms with Gasteiger partial charge in [0, 0.05) is 50.9 Å². The van der Waals surface area contributed by atoms with E-state index in [0.717, 1.165) is 31.9 Å². The Kier molecular flexibility index (Phi) is 6.78. The first-order valence-corrected chi connectivity index (χ1v) is 11.0. The van der Waals surface area contributed by atoms with Crippen LogP contribution < -0.4 is 15.1 Å². The SMILES string of the molecule is CN1CCN(c2c(Cl)cccc2NC(=O)c2ccc(N3CCOCC3)c([N+](=O)[O-])c2)CC1. The van der Waals surface area contributed by atoms with Crippen molar-refractivity contribution in [2.45, 2.75) is 0 Å². The van der Waals surface area contributed by atoms with Crippen molar-refractivity contribution < 1.29 is 14.5 Å². The van der Waals surface area contributed by atoms with Gasteiger partial charge in [-0.2, -0.15) is 0 Å². The Morgan fingerprint density at radius 1 is 1.06 bits per heavy atom. The Hall–Kier alpha value is -2.88. The molecule has 2 saturated heterocycles. The largest absolute Gasteiger partial charge is 0.378 e. The lowest BCUT2D eigenvalue weighted by Gasteiger charge is -2.35. The van der Waals surface area contributed by atoms with Crippen molar-refractivity contribution in [3.05, 3.63) is 57.1 Å². The molecule has 170 valence electrons. The molecule has 10 heteroatoms. The molecule has 0 spiro atoms. The second kappa shape index (κ2) is 9.72. The number of piperazine rings is 1. The van der Waals surface area contributed by atoms with Gasteiger partial charge in [0.2, 0.25) is 0 Å². The molecule has 9 nitrogen and oxygen atoms in total. The summed E-state index contributed by atoms with van der Waals surface area (Å²) in [7, 11) is 2.07. The van der Waals surface area contributed by atoms with Crippen molar-refractivity contribution in [1.29, 1.82) is 0 Å². The molecule has 1 amide bonds. The van der Waals surface area contributed by atoms with Crippen LogP contribution in [0.15, 0.2) is 36.4 Å². The number of anilines is 3. The van der Waals surface area contributed by atoms with Crippen molar-refractivity contribution in [2.24, 2.45) is 0 Å². The number of hydrogen-bond donors (Lipinski definition) is 1. The van der Waals surface area contributed by atoms with Crippen molar-refractivity contribution >= 4 is 40.3 Å². The van der Waals surface area contributed by atoms with Crippen LogP contribution in [0.3, 0.4) is 0 Å². The maximum atomic E-state index is 13.0. The van der Waals surface area contributed by atoms with Crippen LogP contribution in [0.25, 0.3) is 0 Å². The average molecular weight is 460 g/mol. The van der Waals surface area contributed by atoms with Crippen LogP contribution in [-0.4, -0.2) is 75.3 Å². The zero-order valence-corrected chi connectivity index (χ0v) is 18.7. The fourth-order valence-corrected chi connectivity index (χ4v) is 4.34. The van der Waals surface area contributed by atoms with Crippen molar-refractivity contribution in [1.82, 2.24) is 4.90 Å². The summed E-state index contributed by atoms with van der Waals surface area (Å²) in [4.78, 5) is 30.6. The van der Waals surface area contributed by atoms with Gasteiger partial charge in [-0.3, -0.25) is 14.9 Å². The second-order valence-electron chi connectivity index (χ2n) is 7.94. The van der Waals surface area contributed by atoms with Crippen LogP contribution in [0.2, 0.25) is 5.02 Å². The van der Waals surface area contributed by atoms with Crippen LogP contribution in [0.1, 0.15) is 10.4 Å². The van der Waals surface area contributed by atoms with Gasteiger partial charge in [0.25, 0.3) is 11.6 Å². The molecule has 2 heterocycles.